The third-order valence-electron chi connectivity index (χ3n) is 2.38. The molecule has 0 bridgehead atoms. The first-order valence-electron chi connectivity index (χ1n) is 4.93. The van der Waals surface area contributed by atoms with Crippen molar-refractivity contribution in [3.05, 3.63) is 35.4 Å². The van der Waals surface area contributed by atoms with Crippen molar-refractivity contribution in [3.63, 3.8) is 0 Å². The molecule has 1 rings (SSSR count). The molecule has 0 fully saturated rings. The number of hydrogen-bond acceptors (Lipinski definition) is 1. The van der Waals surface area contributed by atoms with Gasteiger partial charge in [-0.1, -0.05) is 25.1 Å². The quantitative estimate of drug-likeness (QED) is 0.814. The van der Waals surface area contributed by atoms with Crippen LogP contribution in [0.4, 0.5) is 22.0 Å². The molecule has 1 unspecified atom stereocenters. The minimum absolute atomic E-state index is 0.0499. The Bertz CT molecular complexity index is 386. The van der Waals surface area contributed by atoms with Crippen molar-refractivity contribution in [2.45, 2.75) is 31.5 Å². The van der Waals surface area contributed by atoms with Gasteiger partial charge in [-0.15, -0.1) is 0 Å². The second-order valence-electron chi connectivity index (χ2n) is 3.62. The zero-order valence-electron chi connectivity index (χ0n) is 8.93. The molecule has 17 heavy (non-hydrogen) atoms. The number of aliphatic hydroxyl groups excluding tert-OH is 1. The smallest absolute Gasteiger partial charge is 0.388 e. The predicted molar refractivity (Wildman–Crippen MR) is 51.6 cm³/mol. The highest BCUT2D eigenvalue weighted by molar-refractivity contribution is 5.29. The maximum Gasteiger partial charge on any atom is 0.458 e. The van der Waals surface area contributed by atoms with Crippen molar-refractivity contribution >= 4 is 0 Å². The molecule has 0 saturated heterocycles. The zero-order chi connectivity index (χ0) is 13.3. The molecule has 0 aliphatic heterocycles. The van der Waals surface area contributed by atoms with Crippen LogP contribution >= 0.6 is 0 Å². The molecule has 0 aliphatic carbocycles. The molecular formula is C11H11F5O. The van der Waals surface area contributed by atoms with Crippen LogP contribution in [0.2, 0.25) is 0 Å². The van der Waals surface area contributed by atoms with Gasteiger partial charge in [0, 0.05) is 5.56 Å². The molecule has 0 aromatic heterocycles. The van der Waals surface area contributed by atoms with Gasteiger partial charge in [0.25, 0.3) is 0 Å². The van der Waals surface area contributed by atoms with Crippen molar-refractivity contribution in [2.75, 3.05) is 0 Å². The lowest BCUT2D eigenvalue weighted by Gasteiger charge is -2.21. The van der Waals surface area contributed by atoms with E-state index in [4.69, 9.17) is 0 Å². The van der Waals surface area contributed by atoms with Crippen molar-refractivity contribution in [3.8, 4) is 0 Å². The number of alkyl halides is 5. The van der Waals surface area contributed by atoms with Gasteiger partial charge in [0.05, 0.1) is 6.10 Å². The Morgan fingerprint density at radius 2 is 1.76 bits per heavy atom. The fourth-order valence-corrected chi connectivity index (χ4v) is 1.34. The van der Waals surface area contributed by atoms with E-state index >= 15 is 0 Å². The van der Waals surface area contributed by atoms with Crippen LogP contribution in [0.25, 0.3) is 0 Å². The molecule has 1 nitrogen and oxygen atoms in total. The Balaban J connectivity index is 3.16. The summed E-state index contributed by atoms with van der Waals surface area (Å²) in [6.45, 7) is 1.60. The van der Waals surface area contributed by atoms with E-state index in [2.05, 4.69) is 0 Å². The van der Waals surface area contributed by atoms with E-state index in [0.717, 1.165) is 6.07 Å². The largest absolute Gasteiger partial charge is 0.458 e. The van der Waals surface area contributed by atoms with Crippen molar-refractivity contribution in [1.82, 2.24) is 0 Å². The summed E-state index contributed by atoms with van der Waals surface area (Å²) in [5, 5.41) is 9.40. The van der Waals surface area contributed by atoms with Crippen LogP contribution in [-0.4, -0.2) is 11.3 Å². The fourth-order valence-electron chi connectivity index (χ4n) is 1.34. The summed E-state index contributed by atoms with van der Waals surface area (Å²) < 4.78 is 62.4. The van der Waals surface area contributed by atoms with E-state index in [-0.39, 0.29) is 12.0 Å². The average Bonchev–Trinajstić information content (AvgIpc) is 2.26. The molecular weight excluding hydrogens is 243 g/mol. The van der Waals surface area contributed by atoms with Crippen LogP contribution in [-0.2, 0) is 5.92 Å². The molecule has 0 aliphatic rings. The number of halogens is 5. The lowest BCUT2D eigenvalue weighted by Crippen LogP contribution is -2.33. The molecule has 0 radical (unpaired) electrons. The van der Waals surface area contributed by atoms with Crippen LogP contribution in [0.3, 0.4) is 0 Å². The molecule has 0 heterocycles. The van der Waals surface area contributed by atoms with E-state index in [1.54, 1.807) is 6.92 Å². The van der Waals surface area contributed by atoms with Gasteiger partial charge in [-0.2, -0.15) is 22.0 Å². The highest BCUT2D eigenvalue weighted by Gasteiger charge is 2.58. The van der Waals surface area contributed by atoms with Crippen LogP contribution in [0, 0.1) is 0 Å². The summed E-state index contributed by atoms with van der Waals surface area (Å²) in [7, 11) is 0. The van der Waals surface area contributed by atoms with Crippen molar-refractivity contribution in [1.29, 1.82) is 0 Å². The predicted octanol–water partition coefficient (Wildman–Crippen LogP) is 3.78. The molecule has 96 valence electrons. The van der Waals surface area contributed by atoms with Gasteiger partial charge in [0.1, 0.15) is 0 Å². The Morgan fingerprint density at radius 1 is 1.18 bits per heavy atom. The Hall–Kier alpha value is -1.17. The normalized spacial score (nSPS) is 14.8. The van der Waals surface area contributed by atoms with Crippen LogP contribution in [0.15, 0.2) is 24.3 Å². The zero-order valence-corrected chi connectivity index (χ0v) is 8.93. The van der Waals surface area contributed by atoms with Gasteiger partial charge in [-0.25, -0.2) is 0 Å². The number of aliphatic hydroxyl groups is 1. The summed E-state index contributed by atoms with van der Waals surface area (Å²) in [4.78, 5) is 0. The van der Waals surface area contributed by atoms with Crippen molar-refractivity contribution < 1.29 is 27.1 Å². The first-order chi connectivity index (χ1) is 7.70. The van der Waals surface area contributed by atoms with E-state index in [1.165, 1.54) is 6.07 Å². The first kappa shape index (κ1) is 13.9. The Labute approximate surface area is 94.9 Å². The van der Waals surface area contributed by atoms with E-state index in [9.17, 15) is 27.1 Å². The summed E-state index contributed by atoms with van der Waals surface area (Å²) in [5.74, 6) is -4.91. The monoisotopic (exact) mass is 254 g/mol. The second-order valence-corrected chi connectivity index (χ2v) is 3.62. The third kappa shape index (κ3) is 2.74. The summed E-state index contributed by atoms with van der Waals surface area (Å²) in [6, 6.07) is 3.76. The van der Waals surface area contributed by atoms with Crippen LogP contribution in [0.5, 0.6) is 0 Å². The number of benzene rings is 1. The third-order valence-corrected chi connectivity index (χ3v) is 2.38. The van der Waals surface area contributed by atoms with Crippen LogP contribution < -0.4 is 0 Å². The highest BCUT2D eigenvalue weighted by Crippen LogP contribution is 2.44. The molecule has 6 heteroatoms. The Kier molecular flexibility index (Phi) is 3.76. The first-order valence-corrected chi connectivity index (χ1v) is 4.93. The van der Waals surface area contributed by atoms with Gasteiger partial charge >= 0.3 is 12.1 Å². The molecule has 0 amide bonds. The average molecular weight is 254 g/mol. The van der Waals surface area contributed by atoms with E-state index < -0.39 is 23.8 Å². The standard InChI is InChI=1S/C11H11F5O/c1-2-9(17)7-4-3-5-8(6-7)10(12,13)11(14,15)16/h3-6,9,17H,2H2,1H3. The minimum atomic E-state index is -5.64. The maximum absolute atomic E-state index is 13.0. The lowest BCUT2D eigenvalue weighted by atomic mass is 10.0. The number of rotatable bonds is 3. The number of hydrogen-bond donors (Lipinski definition) is 1. The SMILES string of the molecule is CCC(O)c1cccc(C(F)(F)C(F)(F)F)c1. The topological polar surface area (TPSA) is 20.2 Å². The van der Waals surface area contributed by atoms with Gasteiger partial charge < -0.3 is 5.11 Å². The van der Waals surface area contributed by atoms with E-state index in [1.807, 2.05) is 0 Å². The Morgan fingerprint density at radius 3 is 2.24 bits per heavy atom. The molecule has 1 aromatic rings. The molecule has 1 N–H and O–H groups in total. The lowest BCUT2D eigenvalue weighted by molar-refractivity contribution is -0.289. The van der Waals surface area contributed by atoms with Gasteiger partial charge in [-0.05, 0) is 18.1 Å². The summed E-state index contributed by atoms with van der Waals surface area (Å²) in [5.41, 5.74) is -1.11. The van der Waals surface area contributed by atoms with Gasteiger partial charge in [0.2, 0.25) is 0 Å². The van der Waals surface area contributed by atoms with E-state index in [0.29, 0.717) is 12.1 Å². The van der Waals surface area contributed by atoms with Crippen LogP contribution in [0.1, 0.15) is 30.6 Å². The second kappa shape index (κ2) is 4.60. The van der Waals surface area contributed by atoms with Gasteiger partial charge in [-0.3, -0.25) is 0 Å². The molecule has 1 atom stereocenters. The molecule has 1 aromatic carbocycles. The summed E-state index contributed by atoms with van der Waals surface area (Å²) >= 11 is 0. The fraction of sp³-hybridized carbons (Fsp3) is 0.455. The highest BCUT2D eigenvalue weighted by atomic mass is 19.4. The van der Waals surface area contributed by atoms with Crippen molar-refractivity contribution in [2.24, 2.45) is 0 Å². The summed E-state index contributed by atoms with van der Waals surface area (Å²) in [6.07, 6.45) is -6.44. The van der Waals surface area contributed by atoms with Gasteiger partial charge in [0.15, 0.2) is 0 Å². The molecule has 0 spiro atoms. The molecule has 0 saturated carbocycles. The minimum Gasteiger partial charge on any atom is -0.388 e. The maximum atomic E-state index is 13.0.